The van der Waals surface area contributed by atoms with Gasteiger partial charge in [-0.1, -0.05) is 31.0 Å². The van der Waals surface area contributed by atoms with E-state index in [4.69, 9.17) is 5.73 Å². The molecule has 0 spiro atoms. The van der Waals surface area contributed by atoms with Crippen LogP contribution in [-0.2, 0) is 17.8 Å². The van der Waals surface area contributed by atoms with Crippen molar-refractivity contribution in [2.24, 2.45) is 5.73 Å². The number of likely N-dealkylation sites (tertiary alicyclic amines) is 1. The van der Waals surface area contributed by atoms with Gasteiger partial charge in [-0.2, -0.15) is 0 Å². The zero-order valence-corrected chi connectivity index (χ0v) is 13.8. The normalized spacial score (nSPS) is 15.8. The summed E-state index contributed by atoms with van der Waals surface area (Å²) in [5.41, 5.74) is 8.11. The standard InChI is InChI=1S/C19H27N3O/c20-11-7-8-16-14-22(18-10-4-3-9-17(16)18)15-19(23)21-12-5-1-2-6-13-21/h3-4,9-10,14H,1-2,5-8,11-13,15,20H2. The molecule has 0 saturated carbocycles. The average Bonchev–Trinajstić information content (AvgIpc) is 2.76. The molecule has 4 heteroatoms. The van der Waals surface area contributed by atoms with Crippen LogP contribution >= 0.6 is 0 Å². The largest absolute Gasteiger partial charge is 0.341 e. The fourth-order valence-corrected chi connectivity index (χ4v) is 3.51. The molecule has 0 unspecified atom stereocenters. The lowest BCUT2D eigenvalue weighted by molar-refractivity contribution is -0.131. The molecule has 4 nitrogen and oxygen atoms in total. The van der Waals surface area contributed by atoms with Crippen LogP contribution in [0, 0.1) is 0 Å². The summed E-state index contributed by atoms with van der Waals surface area (Å²) in [5.74, 6) is 0.248. The monoisotopic (exact) mass is 313 g/mol. The molecule has 0 atom stereocenters. The maximum atomic E-state index is 12.7. The average molecular weight is 313 g/mol. The Labute approximate surface area is 138 Å². The first-order valence-electron chi connectivity index (χ1n) is 8.84. The highest BCUT2D eigenvalue weighted by atomic mass is 16.2. The van der Waals surface area contributed by atoms with Crippen LogP contribution in [0.5, 0.6) is 0 Å². The molecule has 1 saturated heterocycles. The number of hydrogen-bond acceptors (Lipinski definition) is 2. The van der Waals surface area contributed by atoms with Crippen molar-refractivity contribution in [2.75, 3.05) is 19.6 Å². The van der Waals surface area contributed by atoms with Gasteiger partial charge in [0.1, 0.15) is 6.54 Å². The van der Waals surface area contributed by atoms with Crippen LogP contribution in [0.1, 0.15) is 37.7 Å². The van der Waals surface area contributed by atoms with E-state index >= 15 is 0 Å². The number of amides is 1. The summed E-state index contributed by atoms with van der Waals surface area (Å²) < 4.78 is 2.12. The van der Waals surface area contributed by atoms with Crippen LogP contribution in [-0.4, -0.2) is 35.0 Å². The molecule has 1 aliphatic heterocycles. The first kappa shape index (κ1) is 16.1. The molecule has 1 aliphatic rings. The van der Waals surface area contributed by atoms with Gasteiger partial charge in [0.25, 0.3) is 0 Å². The van der Waals surface area contributed by atoms with E-state index in [1.54, 1.807) is 0 Å². The maximum Gasteiger partial charge on any atom is 0.242 e. The Morgan fingerprint density at radius 3 is 2.57 bits per heavy atom. The number of aryl methyl sites for hydroxylation is 1. The van der Waals surface area contributed by atoms with Gasteiger partial charge in [-0.05, 0) is 43.9 Å². The molecule has 0 radical (unpaired) electrons. The molecule has 0 bridgehead atoms. The Kier molecular flexibility index (Phi) is 5.34. The van der Waals surface area contributed by atoms with Crippen LogP contribution < -0.4 is 5.73 Å². The molecule has 1 fully saturated rings. The Balaban J connectivity index is 1.80. The Morgan fingerprint density at radius 1 is 1.09 bits per heavy atom. The predicted octanol–water partition coefficient (Wildman–Crippen LogP) is 2.94. The molecule has 2 aromatic rings. The third kappa shape index (κ3) is 3.75. The minimum Gasteiger partial charge on any atom is -0.341 e. The van der Waals surface area contributed by atoms with E-state index in [1.807, 2.05) is 11.0 Å². The quantitative estimate of drug-likeness (QED) is 0.922. The molecule has 23 heavy (non-hydrogen) atoms. The van der Waals surface area contributed by atoms with Gasteiger partial charge in [0, 0.05) is 30.2 Å². The van der Waals surface area contributed by atoms with E-state index in [9.17, 15) is 4.79 Å². The van der Waals surface area contributed by atoms with Crippen molar-refractivity contribution in [2.45, 2.75) is 45.1 Å². The second kappa shape index (κ2) is 7.64. The second-order valence-corrected chi connectivity index (χ2v) is 6.49. The van der Waals surface area contributed by atoms with Crippen molar-refractivity contribution in [1.29, 1.82) is 0 Å². The fourth-order valence-electron chi connectivity index (χ4n) is 3.51. The summed E-state index contributed by atoms with van der Waals surface area (Å²) in [4.78, 5) is 14.7. The van der Waals surface area contributed by atoms with Gasteiger partial charge in [0.15, 0.2) is 0 Å². The number of benzene rings is 1. The van der Waals surface area contributed by atoms with Crippen molar-refractivity contribution in [3.8, 4) is 0 Å². The molecule has 2 N–H and O–H groups in total. The van der Waals surface area contributed by atoms with Gasteiger partial charge >= 0.3 is 0 Å². The lowest BCUT2D eigenvalue weighted by atomic mass is 10.1. The Hall–Kier alpha value is -1.81. The number of carbonyl (C=O) groups excluding carboxylic acids is 1. The molecule has 1 aromatic heterocycles. The molecule has 0 aliphatic carbocycles. The van der Waals surface area contributed by atoms with E-state index in [0.29, 0.717) is 13.1 Å². The molecule has 2 heterocycles. The highest BCUT2D eigenvalue weighted by molar-refractivity contribution is 5.86. The zero-order valence-electron chi connectivity index (χ0n) is 13.8. The Morgan fingerprint density at radius 2 is 1.83 bits per heavy atom. The summed E-state index contributed by atoms with van der Waals surface area (Å²) in [7, 11) is 0. The summed E-state index contributed by atoms with van der Waals surface area (Å²) in [6.45, 7) is 2.98. The second-order valence-electron chi connectivity index (χ2n) is 6.49. The van der Waals surface area contributed by atoms with Crippen LogP contribution in [0.2, 0.25) is 0 Å². The fraction of sp³-hybridized carbons (Fsp3) is 0.526. The number of hydrogen-bond donors (Lipinski definition) is 1. The van der Waals surface area contributed by atoms with Crippen LogP contribution in [0.3, 0.4) is 0 Å². The van der Waals surface area contributed by atoms with E-state index in [0.717, 1.165) is 44.3 Å². The molecule has 1 aromatic carbocycles. The zero-order chi connectivity index (χ0) is 16.1. The van der Waals surface area contributed by atoms with Crippen molar-refractivity contribution in [3.63, 3.8) is 0 Å². The molecule has 124 valence electrons. The number of nitrogens with zero attached hydrogens (tertiary/aromatic N) is 2. The highest BCUT2D eigenvalue weighted by Gasteiger charge is 2.17. The number of rotatable bonds is 5. The minimum atomic E-state index is 0.248. The molecule has 3 rings (SSSR count). The predicted molar refractivity (Wildman–Crippen MR) is 94.4 cm³/mol. The number of aromatic nitrogens is 1. The first-order chi connectivity index (χ1) is 11.3. The third-order valence-corrected chi connectivity index (χ3v) is 4.79. The highest BCUT2D eigenvalue weighted by Crippen LogP contribution is 2.23. The van der Waals surface area contributed by atoms with E-state index in [2.05, 4.69) is 29.0 Å². The Bertz CT molecular complexity index is 654. The SMILES string of the molecule is NCCCc1cn(CC(=O)N2CCCCCC2)c2ccccc12. The third-order valence-electron chi connectivity index (χ3n) is 4.79. The van der Waals surface area contributed by atoms with E-state index in [1.165, 1.54) is 23.8 Å². The summed E-state index contributed by atoms with van der Waals surface area (Å²) in [5, 5.41) is 1.25. The van der Waals surface area contributed by atoms with E-state index in [-0.39, 0.29) is 5.91 Å². The van der Waals surface area contributed by atoms with Crippen molar-refractivity contribution in [3.05, 3.63) is 36.0 Å². The van der Waals surface area contributed by atoms with Crippen molar-refractivity contribution < 1.29 is 4.79 Å². The van der Waals surface area contributed by atoms with Crippen LogP contribution in [0.4, 0.5) is 0 Å². The van der Waals surface area contributed by atoms with Gasteiger partial charge in [-0.3, -0.25) is 4.79 Å². The lowest BCUT2D eigenvalue weighted by Crippen LogP contribution is -2.34. The van der Waals surface area contributed by atoms with Gasteiger partial charge in [0.2, 0.25) is 5.91 Å². The number of nitrogens with two attached hydrogens (primary N) is 1. The smallest absolute Gasteiger partial charge is 0.242 e. The lowest BCUT2D eigenvalue weighted by Gasteiger charge is -2.20. The van der Waals surface area contributed by atoms with Crippen molar-refractivity contribution in [1.82, 2.24) is 9.47 Å². The summed E-state index contributed by atoms with van der Waals surface area (Å²) in [6.07, 6.45) is 8.88. The number of carbonyl (C=O) groups is 1. The molecular formula is C19H27N3O. The first-order valence-corrected chi connectivity index (χ1v) is 8.84. The maximum absolute atomic E-state index is 12.7. The van der Waals surface area contributed by atoms with Gasteiger partial charge in [0.05, 0.1) is 0 Å². The molecular weight excluding hydrogens is 286 g/mol. The van der Waals surface area contributed by atoms with Crippen LogP contribution in [0.25, 0.3) is 10.9 Å². The van der Waals surface area contributed by atoms with E-state index < -0.39 is 0 Å². The summed E-state index contributed by atoms with van der Waals surface area (Å²) in [6, 6.07) is 8.36. The van der Waals surface area contributed by atoms with Crippen molar-refractivity contribution >= 4 is 16.8 Å². The molecule has 1 amide bonds. The van der Waals surface area contributed by atoms with Gasteiger partial charge in [-0.25, -0.2) is 0 Å². The number of fused-ring (bicyclic) bond motifs is 1. The topological polar surface area (TPSA) is 51.3 Å². The van der Waals surface area contributed by atoms with Gasteiger partial charge in [-0.15, -0.1) is 0 Å². The number of para-hydroxylation sites is 1. The minimum absolute atomic E-state index is 0.248. The van der Waals surface area contributed by atoms with Gasteiger partial charge < -0.3 is 15.2 Å². The van der Waals surface area contributed by atoms with Crippen LogP contribution in [0.15, 0.2) is 30.5 Å². The summed E-state index contributed by atoms with van der Waals surface area (Å²) >= 11 is 0.